The summed E-state index contributed by atoms with van der Waals surface area (Å²) in [6, 6.07) is 15.7. The van der Waals surface area contributed by atoms with Gasteiger partial charge in [-0.05, 0) is 49.1 Å². The molecule has 2 N–H and O–H groups in total. The maximum atomic E-state index is 12.1. The monoisotopic (exact) mass is 253 g/mol. The van der Waals surface area contributed by atoms with Gasteiger partial charge >= 0.3 is 0 Å². The lowest BCUT2D eigenvalue weighted by atomic mass is 10.0. The van der Waals surface area contributed by atoms with Crippen molar-refractivity contribution in [2.24, 2.45) is 0 Å². The van der Waals surface area contributed by atoms with Gasteiger partial charge < -0.3 is 5.73 Å². The number of carbonyl (C=O) groups excluding carboxylic acids is 1. The number of nitrogens with two attached hydrogens (primary N) is 1. The van der Waals surface area contributed by atoms with E-state index in [-0.39, 0.29) is 5.78 Å². The predicted octanol–water partition coefficient (Wildman–Crippen LogP) is 3.78. The summed E-state index contributed by atoms with van der Waals surface area (Å²) in [6.07, 6.45) is 2.41. The van der Waals surface area contributed by atoms with Crippen LogP contribution in [0.3, 0.4) is 0 Å². The van der Waals surface area contributed by atoms with Crippen LogP contribution in [-0.4, -0.2) is 5.78 Å². The van der Waals surface area contributed by atoms with Crippen molar-refractivity contribution in [1.29, 1.82) is 0 Å². The summed E-state index contributed by atoms with van der Waals surface area (Å²) in [7, 11) is 0. The number of rotatable bonds is 5. The summed E-state index contributed by atoms with van der Waals surface area (Å²) in [5.41, 5.74) is 9.50. The second-order valence-corrected chi connectivity index (χ2v) is 4.83. The molecule has 0 saturated carbocycles. The summed E-state index contributed by atoms with van der Waals surface area (Å²) < 4.78 is 0. The van der Waals surface area contributed by atoms with Gasteiger partial charge in [-0.1, -0.05) is 30.3 Å². The Hall–Kier alpha value is -2.09. The van der Waals surface area contributed by atoms with E-state index in [9.17, 15) is 4.79 Å². The number of Topliss-reactive ketones (excluding diaryl/α,β-unsaturated/α-hetero) is 1. The molecule has 0 heterocycles. The molecular formula is C17H19NO. The third-order valence-corrected chi connectivity index (χ3v) is 3.30. The second kappa shape index (κ2) is 6.19. The minimum Gasteiger partial charge on any atom is -0.399 e. The van der Waals surface area contributed by atoms with E-state index in [2.05, 4.69) is 12.1 Å². The lowest BCUT2D eigenvalue weighted by molar-refractivity contribution is 0.0980. The molecule has 19 heavy (non-hydrogen) atoms. The molecule has 0 aromatic heterocycles. The highest BCUT2D eigenvalue weighted by Crippen LogP contribution is 2.15. The maximum absolute atomic E-state index is 12.1. The van der Waals surface area contributed by atoms with Crippen LogP contribution in [0, 0.1) is 6.92 Å². The van der Waals surface area contributed by atoms with Crippen LogP contribution in [0.1, 0.15) is 34.3 Å². The first kappa shape index (κ1) is 13.3. The standard InChI is InChI=1S/C17H19NO/c1-13-12-15(10-11-16(13)18)17(19)9-5-8-14-6-3-2-4-7-14/h2-4,6-7,10-12H,5,8-9,18H2,1H3. The molecule has 2 aromatic rings. The number of aryl methyl sites for hydroxylation is 2. The Balaban J connectivity index is 1.89. The van der Waals surface area contributed by atoms with Gasteiger partial charge in [-0.3, -0.25) is 4.79 Å². The van der Waals surface area contributed by atoms with Crippen LogP contribution < -0.4 is 5.73 Å². The van der Waals surface area contributed by atoms with Gasteiger partial charge in [-0.15, -0.1) is 0 Å². The lowest BCUT2D eigenvalue weighted by Gasteiger charge is -2.05. The Morgan fingerprint density at radius 2 is 1.84 bits per heavy atom. The minimum absolute atomic E-state index is 0.194. The number of hydrogen-bond donors (Lipinski definition) is 1. The highest BCUT2D eigenvalue weighted by molar-refractivity contribution is 5.96. The number of nitrogen functional groups attached to an aromatic ring is 1. The average molecular weight is 253 g/mol. The molecule has 0 fully saturated rings. The molecular weight excluding hydrogens is 234 g/mol. The second-order valence-electron chi connectivity index (χ2n) is 4.83. The van der Waals surface area contributed by atoms with Gasteiger partial charge in [0, 0.05) is 17.7 Å². The van der Waals surface area contributed by atoms with Crippen molar-refractivity contribution in [2.75, 3.05) is 5.73 Å². The first-order chi connectivity index (χ1) is 9.16. The molecule has 98 valence electrons. The van der Waals surface area contributed by atoms with E-state index in [1.165, 1.54) is 5.56 Å². The van der Waals surface area contributed by atoms with Crippen LogP contribution in [0.5, 0.6) is 0 Å². The van der Waals surface area contributed by atoms with E-state index in [1.54, 1.807) is 6.07 Å². The van der Waals surface area contributed by atoms with Crippen LogP contribution in [0.25, 0.3) is 0 Å². The lowest BCUT2D eigenvalue weighted by Crippen LogP contribution is -2.01. The minimum atomic E-state index is 0.194. The van der Waals surface area contributed by atoms with Crippen LogP contribution in [0.4, 0.5) is 5.69 Å². The van der Waals surface area contributed by atoms with E-state index >= 15 is 0 Å². The molecule has 2 rings (SSSR count). The normalized spacial score (nSPS) is 10.4. The molecule has 0 saturated heterocycles. The molecule has 0 radical (unpaired) electrons. The topological polar surface area (TPSA) is 43.1 Å². The highest BCUT2D eigenvalue weighted by Gasteiger charge is 2.07. The Labute approximate surface area is 114 Å². The quantitative estimate of drug-likeness (QED) is 0.651. The van der Waals surface area contributed by atoms with E-state index in [0.29, 0.717) is 6.42 Å². The van der Waals surface area contributed by atoms with Crippen molar-refractivity contribution in [3.8, 4) is 0 Å². The van der Waals surface area contributed by atoms with E-state index < -0.39 is 0 Å². The maximum Gasteiger partial charge on any atom is 0.162 e. The Kier molecular flexibility index (Phi) is 4.35. The number of carbonyl (C=O) groups is 1. The van der Waals surface area contributed by atoms with Gasteiger partial charge in [-0.25, -0.2) is 0 Å². The van der Waals surface area contributed by atoms with Gasteiger partial charge in [-0.2, -0.15) is 0 Å². The van der Waals surface area contributed by atoms with Crippen LogP contribution in [-0.2, 0) is 6.42 Å². The SMILES string of the molecule is Cc1cc(C(=O)CCCc2ccccc2)ccc1N. The van der Waals surface area contributed by atoms with Gasteiger partial charge in [0.25, 0.3) is 0 Å². The largest absolute Gasteiger partial charge is 0.399 e. The van der Waals surface area contributed by atoms with Crippen molar-refractivity contribution in [1.82, 2.24) is 0 Å². The number of ketones is 1. The Morgan fingerprint density at radius 1 is 1.11 bits per heavy atom. The Morgan fingerprint density at radius 3 is 2.53 bits per heavy atom. The van der Waals surface area contributed by atoms with Crippen LogP contribution >= 0.6 is 0 Å². The Bertz CT molecular complexity index is 561. The van der Waals surface area contributed by atoms with E-state index in [1.807, 2.05) is 37.3 Å². The molecule has 0 atom stereocenters. The number of benzene rings is 2. The smallest absolute Gasteiger partial charge is 0.162 e. The average Bonchev–Trinajstić information content (AvgIpc) is 2.43. The van der Waals surface area contributed by atoms with Crippen molar-refractivity contribution < 1.29 is 4.79 Å². The first-order valence-corrected chi connectivity index (χ1v) is 6.60. The fraction of sp³-hybridized carbons (Fsp3) is 0.235. The third-order valence-electron chi connectivity index (χ3n) is 3.30. The molecule has 0 unspecified atom stereocenters. The third kappa shape index (κ3) is 3.68. The molecule has 2 aromatic carbocycles. The molecule has 0 spiro atoms. The first-order valence-electron chi connectivity index (χ1n) is 6.60. The molecule has 0 aliphatic carbocycles. The zero-order chi connectivity index (χ0) is 13.7. The van der Waals surface area contributed by atoms with Crippen molar-refractivity contribution in [3.63, 3.8) is 0 Å². The fourth-order valence-electron chi connectivity index (χ4n) is 2.09. The van der Waals surface area contributed by atoms with Gasteiger partial charge in [0.1, 0.15) is 0 Å². The zero-order valence-corrected chi connectivity index (χ0v) is 11.2. The predicted molar refractivity (Wildman–Crippen MR) is 79.3 cm³/mol. The van der Waals surface area contributed by atoms with E-state index in [4.69, 9.17) is 5.73 Å². The summed E-state index contributed by atoms with van der Waals surface area (Å²) in [4.78, 5) is 12.1. The molecule has 2 nitrogen and oxygen atoms in total. The van der Waals surface area contributed by atoms with Gasteiger partial charge in [0.2, 0.25) is 0 Å². The fourth-order valence-corrected chi connectivity index (χ4v) is 2.09. The molecule has 0 aliphatic heterocycles. The summed E-state index contributed by atoms with van der Waals surface area (Å²) in [6.45, 7) is 1.93. The highest BCUT2D eigenvalue weighted by atomic mass is 16.1. The molecule has 0 bridgehead atoms. The van der Waals surface area contributed by atoms with Crippen molar-refractivity contribution in [3.05, 3.63) is 65.2 Å². The van der Waals surface area contributed by atoms with Crippen LogP contribution in [0.2, 0.25) is 0 Å². The van der Waals surface area contributed by atoms with Crippen molar-refractivity contribution in [2.45, 2.75) is 26.2 Å². The van der Waals surface area contributed by atoms with Crippen LogP contribution in [0.15, 0.2) is 48.5 Å². The van der Waals surface area contributed by atoms with Gasteiger partial charge in [0.15, 0.2) is 5.78 Å². The molecule has 0 amide bonds. The summed E-state index contributed by atoms with van der Waals surface area (Å²) in [5, 5.41) is 0. The van der Waals surface area contributed by atoms with Crippen molar-refractivity contribution >= 4 is 11.5 Å². The van der Waals surface area contributed by atoms with E-state index in [0.717, 1.165) is 29.7 Å². The molecule has 0 aliphatic rings. The summed E-state index contributed by atoms with van der Waals surface area (Å²) >= 11 is 0. The molecule has 2 heteroatoms. The number of hydrogen-bond acceptors (Lipinski definition) is 2. The van der Waals surface area contributed by atoms with Gasteiger partial charge in [0.05, 0.1) is 0 Å². The zero-order valence-electron chi connectivity index (χ0n) is 11.2. The summed E-state index contributed by atoms with van der Waals surface area (Å²) in [5.74, 6) is 0.194. The number of anilines is 1.